The number of amides is 1. The first kappa shape index (κ1) is 15.2. The van der Waals surface area contributed by atoms with E-state index in [9.17, 15) is 9.18 Å². The SMILES string of the molecule is COc1ccc(F)cc1C(=O)N1C[C@H]2COC[C@@H]1CN(C)C2. The zero-order valence-corrected chi connectivity index (χ0v) is 12.9. The molecule has 6 heteroatoms. The van der Waals surface area contributed by atoms with Gasteiger partial charge in [0.15, 0.2) is 0 Å². The monoisotopic (exact) mass is 308 g/mol. The zero-order chi connectivity index (χ0) is 15.7. The lowest BCUT2D eigenvalue weighted by Gasteiger charge is -2.30. The minimum atomic E-state index is -0.435. The standard InChI is InChI=1S/C16H21FN2O3/c1-18-6-11-7-19(13(8-18)10-22-9-11)16(20)14-5-12(17)3-4-15(14)21-2/h3-5,11,13H,6-10H2,1-2H3/t11-,13-/m0/s1. The van der Waals surface area contributed by atoms with Gasteiger partial charge in [0.2, 0.25) is 0 Å². The number of benzene rings is 1. The number of rotatable bonds is 2. The molecule has 5 nitrogen and oxygen atoms in total. The summed E-state index contributed by atoms with van der Waals surface area (Å²) < 4.78 is 24.5. The Morgan fingerprint density at radius 3 is 2.91 bits per heavy atom. The van der Waals surface area contributed by atoms with Crippen molar-refractivity contribution in [3.8, 4) is 5.75 Å². The summed E-state index contributed by atoms with van der Waals surface area (Å²) in [4.78, 5) is 17.0. The molecule has 0 unspecified atom stereocenters. The molecule has 2 atom stereocenters. The molecular formula is C16H21FN2O3. The largest absolute Gasteiger partial charge is 0.496 e. The summed E-state index contributed by atoms with van der Waals surface area (Å²) >= 11 is 0. The lowest BCUT2D eigenvalue weighted by Crippen LogP contribution is -2.46. The van der Waals surface area contributed by atoms with E-state index in [0.717, 1.165) is 13.1 Å². The number of fused-ring (bicyclic) bond motifs is 3. The molecule has 1 aromatic rings. The van der Waals surface area contributed by atoms with Gasteiger partial charge in [0.1, 0.15) is 11.6 Å². The number of nitrogens with zero attached hydrogens (tertiary/aromatic N) is 2. The van der Waals surface area contributed by atoms with Gasteiger partial charge in [-0.25, -0.2) is 4.39 Å². The van der Waals surface area contributed by atoms with Crippen LogP contribution in [0, 0.1) is 11.7 Å². The number of carbonyl (C=O) groups is 1. The molecule has 0 saturated carbocycles. The van der Waals surface area contributed by atoms with E-state index >= 15 is 0 Å². The maximum absolute atomic E-state index is 13.6. The number of likely N-dealkylation sites (N-methyl/N-ethyl adjacent to an activating group) is 1. The average Bonchev–Trinajstić information content (AvgIpc) is 2.76. The summed E-state index contributed by atoms with van der Waals surface area (Å²) in [7, 11) is 3.55. The third-order valence-electron chi connectivity index (χ3n) is 4.30. The van der Waals surface area contributed by atoms with Crippen molar-refractivity contribution in [2.75, 3.05) is 47.0 Å². The van der Waals surface area contributed by atoms with Crippen LogP contribution in [0.2, 0.25) is 0 Å². The van der Waals surface area contributed by atoms with E-state index in [4.69, 9.17) is 9.47 Å². The fourth-order valence-electron chi connectivity index (χ4n) is 3.33. The van der Waals surface area contributed by atoms with Crippen LogP contribution in [0.15, 0.2) is 18.2 Å². The second-order valence-electron chi connectivity index (χ2n) is 6.08. The Labute approximate surface area is 129 Å². The Kier molecular flexibility index (Phi) is 4.31. The van der Waals surface area contributed by atoms with E-state index in [1.54, 1.807) is 0 Å². The Bertz CT molecular complexity index is 566. The fourth-order valence-corrected chi connectivity index (χ4v) is 3.33. The van der Waals surface area contributed by atoms with E-state index in [0.29, 0.717) is 25.5 Å². The molecule has 2 heterocycles. The number of carbonyl (C=O) groups excluding carboxylic acids is 1. The summed E-state index contributed by atoms with van der Waals surface area (Å²) in [6, 6.07) is 4.03. The van der Waals surface area contributed by atoms with E-state index < -0.39 is 5.82 Å². The van der Waals surface area contributed by atoms with Gasteiger partial charge in [-0.3, -0.25) is 4.79 Å². The first-order valence-corrected chi connectivity index (χ1v) is 7.49. The summed E-state index contributed by atoms with van der Waals surface area (Å²) in [6.07, 6.45) is 0. The molecule has 120 valence electrons. The van der Waals surface area contributed by atoms with Gasteiger partial charge in [-0.2, -0.15) is 0 Å². The molecule has 0 aromatic heterocycles. The van der Waals surface area contributed by atoms with Crippen molar-refractivity contribution in [2.24, 2.45) is 5.92 Å². The number of hydrogen-bond acceptors (Lipinski definition) is 4. The molecule has 0 radical (unpaired) electrons. The molecule has 0 N–H and O–H groups in total. The molecule has 1 aromatic carbocycles. The van der Waals surface area contributed by atoms with Crippen molar-refractivity contribution in [1.29, 1.82) is 0 Å². The van der Waals surface area contributed by atoms with E-state index in [1.807, 2.05) is 4.90 Å². The van der Waals surface area contributed by atoms with Gasteiger partial charge in [0.25, 0.3) is 5.91 Å². The van der Waals surface area contributed by atoms with E-state index in [1.165, 1.54) is 25.3 Å². The van der Waals surface area contributed by atoms with Gasteiger partial charge >= 0.3 is 0 Å². The zero-order valence-electron chi connectivity index (χ0n) is 12.9. The van der Waals surface area contributed by atoms with Crippen LogP contribution in [0.5, 0.6) is 5.75 Å². The van der Waals surface area contributed by atoms with Crippen LogP contribution < -0.4 is 4.74 Å². The first-order chi connectivity index (χ1) is 10.6. The third-order valence-corrected chi connectivity index (χ3v) is 4.30. The van der Waals surface area contributed by atoms with Crippen LogP contribution >= 0.6 is 0 Å². The van der Waals surface area contributed by atoms with Crippen molar-refractivity contribution in [2.45, 2.75) is 6.04 Å². The van der Waals surface area contributed by atoms with Crippen molar-refractivity contribution < 1.29 is 18.7 Å². The Morgan fingerprint density at radius 2 is 2.14 bits per heavy atom. The van der Waals surface area contributed by atoms with Gasteiger partial charge < -0.3 is 19.3 Å². The highest BCUT2D eigenvalue weighted by atomic mass is 19.1. The van der Waals surface area contributed by atoms with Gasteiger partial charge in [0, 0.05) is 25.6 Å². The van der Waals surface area contributed by atoms with Crippen LogP contribution in [0.4, 0.5) is 4.39 Å². The number of hydrogen-bond donors (Lipinski definition) is 0. The second kappa shape index (κ2) is 6.22. The molecule has 1 amide bonds. The maximum Gasteiger partial charge on any atom is 0.258 e. The van der Waals surface area contributed by atoms with Gasteiger partial charge in [-0.15, -0.1) is 0 Å². The molecule has 0 aliphatic carbocycles. The molecule has 2 saturated heterocycles. The molecule has 2 aliphatic heterocycles. The first-order valence-electron chi connectivity index (χ1n) is 7.49. The summed E-state index contributed by atoms with van der Waals surface area (Å²) in [5.41, 5.74) is 0.276. The molecule has 2 aliphatic rings. The normalized spacial score (nSPS) is 25.7. The van der Waals surface area contributed by atoms with Crippen LogP contribution in [0.25, 0.3) is 0 Å². The molecule has 3 rings (SSSR count). The predicted molar refractivity (Wildman–Crippen MR) is 79.6 cm³/mol. The average molecular weight is 308 g/mol. The fraction of sp³-hybridized carbons (Fsp3) is 0.562. The maximum atomic E-state index is 13.6. The lowest BCUT2D eigenvalue weighted by atomic mass is 10.1. The second-order valence-corrected chi connectivity index (χ2v) is 6.08. The summed E-state index contributed by atoms with van der Waals surface area (Å²) in [5.74, 6) is 0.0583. The minimum Gasteiger partial charge on any atom is -0.496 e. The quantitative estimate of drug-likeness (QED) is 0.824. The van der Waals surface area contributed by atoms with Crippen molar-refractivity contribution in [1.82, 2.24) is 9.80 Å². The van der Waals surface area contributed by atoms with E-state index in [2.05, 4.69) is 11.9 Å². The van der Waals surface area contributed by atoms with Crippen LogP contribution in [0.3, 0.4) is 0 Å². The number of ether oxygens (including phenoxy) is 2. The smallest absolute Gasteiger partial charge is 0.258 e. The summed E-state index contributed by atoms with van der Waals surface area (Å²) in [6.45, 7) is 3.48. The highest BCUT2D eigenvalue weighted by Gasteiger charge is 2.36. The molecule has 0 spiro atoms. The van der Waals surface area contributed by atoms with Crippen LogP contribution in [-0.2, 0) is 4.74 Å². The van der Waals surface area contributed by atoms with Crippen LogP contribution in [0.1, 0.15) is 10.4 Å². The highest BCUT2D eigenvalue weighted by Crippen LogP contribution is 2.25. The Morgan fingerprint density at radius 1 is 1.32 bits per heavy atom. The lowest BCUT2D eigenvalue weighted by molar-refractivity contribution is 0.0481. The predicted octanol–water partition coefficient (Wildman–Crippen LogP) is 1.24. The van der Waals surface area contributed by atoms with Crippen molar-refractivity contribution >= 4 is 5.91 Å². The topological polar surface area (TPSA) is 42.0 Å². The van der Waals surface area contributed by atoms with E-state index in [-0.39, 0.29) is 23.4 Å². The Hall–Kier alpha value is -1.66. The highest BCUT2D eigenvalue weighted by molar-refractivity contribution is 5.97. The van der Waals surface area contributed by atoms with Crippen LogP contribution in [-0.4, -0.2) is 68.8 Å². The third kappa shape index (κ3) is 2.94. The van der Waals surface area contributed by atoms with Crippen molar-refractivity contribution in [3.63, 3.8) is 0 Å². The molecule has 2 bridgehead atoms. The Balaban J connectivity index is 1.92. The molecular weight excluding hydrogens is 287 g/mol. The minimum absolute atomic E-state index is 0.0158. The van der Waals surface area contributed by atoms with Gasteiger partial charge in [0.05, 0.1) is 31.9 Å². The van der Waals surface area contributed by atoms with Gasteiger partial charge in [-0.1, -0.05) is 0 Å². The summed E-state index contributed by atoms with van der Waals surface area (Å²) in [5, 5.41) is 0. The molecule has 2 fully saturated rings. The van der Waals surface area contributed by atoms with Crippen molar-refractivity contribution in [3.05, 3.63) is 29.6 Å². The van der Waals surface area contributed by atoms with Gasteiger partial charge in [-0.05, 0) is 25.2 Å². The molecule has 22 heavy (non-hydrogen) atoms. The number of halogens is 1. The number of methoxy groups -OCH3 is 1.